The van der Waals surface area contributed by atoms with E-state index in [2.05, 4.69) is 32.2 Å². The number of rotatable bonds is 19. The molecule has 3 amide bonds. The monoisotopic (exact) mass is 1510 g/mol. The molecule has 4 aliphatic carbocycles. The van der Waals surface area contributed by atoms with Gasteiger partial charge in [-0.2, -0.15) is 31.3 Å². The highest BCUT2D eigenvalue weighted by atomic mass is 32.2. The summed E-state index contributed by atoms with van der Waals surface area (Å²) in [5, 5.41) is 10.8. The molecule has 102 heavy (non-hydrogen) atoms. The van der Waals surface area contributed by atoms with Crippen LogP contribution in [0.1, 0.15) is 147 Å². The van der Waals surface area contributed by atoms with Gasteiger partial charge in [0.05, 0.1) is 53.8 Å². The van der Waals surface area contributed by atoms with Crippen molar-refractivity contribution in [3.05, 3.63) is 113 Å². The molecule has 9 atom stereocenters. The molecule has 6 aromatic rings. The maximum absolute atomic E-state index is 13.8. The van der Waals surface area contributed by atoms with Crippen LogP contribution in [0.3, 0.4) is 0 Å². The van der Waals surface area contributed by atoms with Gasteiger partial charge in [-0.25, -0.2) is 56.6 Å². The molecule has 0 N–H and O–H groups in total. The topological polar surface area (TPSA) is 295 Å². The van der Waals surface area contributed by atoms with E-state index >= 15 is 0 Å². The largest absolute Gasteiger partial charge is 0.484 e. The molecule has 4 saturated carbocycles. The second-order valence-corrected chi connectivity index (χ2v) is 34.1. The third kappa shape index (κ3) is 15.0. The molecule has 3 saturated heterocycles. The van der Waals surface area contributed by atoms with Crippen LogP contribution >= 0.6 is 0 Å². The van der Waals surface area contributed by atoms with E-state index in [9.17, 15) is 92.3 Å². The SMILES string of the molecule is CC(Oc1ccc(S(C)(=O)=O)cc1C(=O)N1CC2CC2(c2ncc(C(F)(F)F)o2)C1)C(C)(F)F.CC(Oc1ccc(S(C)(=O)=O)cc1C(=O)N1CC2CC2(c2nnc(C(F)(F)F)o2)C1)C(C)(F)F.CC(Oc1ccc(S(C)(=O)=O)cc1C(=O)N1CC2CC2(c2noc(C3(C)CC3)n2)C1)C(C)(F)F. The van der Waals surface area contributed by atoms with Gasteiger partial charge in [0.25, 0.3) is 35.5 Å². The van der Waals surface area contributed by atoms with Crippen molar-refractivity contribution in [1.29, 1.82) is 0 Å². The lowest BCUT2D eigenvalue weighted by Gasteiger charge is -2.25. The number of likely N-dealkylation sites (tertiary alicyclic amines) is 3. The van der Waals surface area contributed by atoms with Crippen molar-refractivity contribution >= 4 is 47.2 Å². The van der Waals surface area contributed by atoms with Crippen LogP contribution in [0.4, 0.5) is 52.7 Å². The summed E-state index contributed by atoms with van der Waals surface area (Å²) in [5.74, 6) is -14.2. The van der Waals surface area contributed by atoms with Gasteiger partial charge in [0.2, 0.25) is 23.4 Å². The third-order valence-corrected chi connectivity index (χ3v) is 23.2. The molecular weight excluding hydrogens is 1440 g/mol. The predicted molar refractivity (Wildman–Crippen MR) is 330 cm³/mol. The van der Waals surface area contributed by atoms with E-state index in [1.54, 1.807) is 4.90 Å². The van der Waals surface area contributed by atoms with E-state index in [4.69, 9.17) is 27.6 Å². The van der Waals surface area contributed by atoms with E-state index in [-0.39, 0.29) is 115 Å². The minimum absolute atomic E-state index is 0.0175. The molecule has 7 aliphatic rings. The van der Waals surface area contributed by atoms with Gasteiger partial charge in [-0.1, -0.05) is 12.1 Å². The van der Waals surface area contributed by atoms with Crippen molar-refractivity contribution < 1.29 is 120 Å². The maximum Gasteiger partial charge on any atom is 0.470 e. The highest BCUT2D eigenvalue weighted by molar-refractivity contribution is 7.91. The van der Waals surface area contributed by atoms with Crippen LogP contribution in [0.2, 0.25) is 0 Å². The highest BCUT2D eigenvalue weighted by Crippen LogP contribution is 2.62. The van der Waals surface area contributed by atoms with Crippen LogP contribution in [0, 0.1) is 17.8 Å². The number of carbonyl (C=O) groups is 3. The van der Waals surface area contributed by atoms with Gasteiger partial charge in [0.1, 0.15) is 17.2 Å². The first-order valence-corrected chi connectivity index (χ1v) is 37.3. The zero-order chi connectivity index (χ0) is 75.2. The average molecular weight is 1510 g/mol. The van der Waals surface area contributed by atoms with Gasteiger partial charge >= 0.3 is 18.2 Å². The molecule has 6 heterocycles. The number of nitrogens with zero attached hydrogens (tertiary/aromatic N) is 8. The summed E-state index contributed by atoms with van der Waals surface area (Å²) in [7, 11) is -11.1. The number of sulfone groups is 3. The van der Waals surface area contributed by atoms with Gasteiger partial charge in [-0.05, 0) is 125 Å². The lowest BCUT2D eigenvalue weighted by atomic mass is 10.1. The summed E-state index contributed by atoms with van der Waals surface area (Å²) in [6, 6.07) is 10.4. The molecule has 3 aliphatic heterocycles. The van der Waals surface area contributed by atoms with Crippen molar-refractivity contribution in [1.82, 2.24) is 40.0 Å². The van der Waals surface area contributed by atoms with E-state index in [1.807, 2.05) is 0 Å². The van der Waals surface area contributed by atoms with Gasteiger partial charge in [-0.3, -0.25) is 14.4 Å². The number of alkyl halides is 12. The van der Waals surface area contributed by atoms with Crippen molar-refractivity contribution in [3.63, 3.8) is 0 Å². The number of piperidine rings is 3. The first-order chi connectivity index (χ1) is 46.8. The number of aromatic nitrogens is 5. The lowest BCUT2D eigenvalue weighted by Crippen LogP contribution is -2.35. The number of halogens is 12. The number of fused-ring (bicyclic) bond motifs is 3. The molecule has 0 bridgehead atoms. The van der Waals surface area contributed by atoms with E-state index < -0.39 is 118 Å². The minimum Gasteiger partial charge on any atom is -0.484 e. The Morgan fingerprint density at radius 2 is 0.882 bits per heavy atom. The number of ether oxygens (including phenoxy) is 3. The fourth-order valence-electron chi connectivity index (χ4n) is 12.6. The Balaban J connectivity index is 0.000000154. The second kappa shape index (κ2) is 25.1. The van der Waals surface area contributed by atoms with Gasteiger partial charge in [0, 0.05) is 84.2 Å². The molecule has 38 heteroatoms. The Morgan fingerprint density at radius 1 is 0.520 bits per heavy atom. The summed E-state index contributed by atoms with van der Waals surface area (Å²) in [6.07, 6.45) is -7.04. The summed E-state index contributed by atoms with van der Waals surface area (Å²) in [6.45, 7) is 8.49. The summed E-state index contributed by atoms with van der Waals surface area (Å²) >= 11 is 0. The summed E-state index contributed by atoms with van der Waals surface area (Å²) < 4.78 is 263. The number of benzene rings is 3. The molecule has 9 unspecified atom stereocenters. The second-order valence-electron chi connectivity index (χ2n) is 28.1. The van der Waals surface area contributed by atoms with Gasteiger partial charge < -0.3 is 42.3 Å². The van der Waals surface area contributed by atoms with Crippen molar-refractivity contribution in [2.24, 2.45) is 17.8 Å². The molecule has 0 radical (unpaired) electrons. The molecule has 13 rings (SSSR count). The average Bonchev–Trinajstić information content (AvgIpc) is 1.55. The number of hydrogen-bond acceptors (Lipinski definition) is 20. The van der Waals surface area contributed by atoms with Crippen molar-refractivity contribution in [2.45, 2.75) is 165 Å². The minimum atomic E-state index is -4.81. The molecule has 23 nitrogen and oxygen atoms in total. The van der Waals surface area contributed by atoms with Crippen LogP contribution in [-0.4, -0.2) is 177 Å². The fraction of sp³-hybridized carbons (Fsp3) is 0.562. The Bertz CT molecular complexity index is 4220. The van der Waals surface area contributed by atoms with Crippen LogP contribution in [0.5, 0.6) is 17.2 Å². The zero-order valence-electron chi connectivity index (χ0n) is 56.0. The molecule has 0 spiro atoms. The van der Waals surface area contributed by atoms with Crippen molar-refractivity contribution in [2.75, 3.05) is 58.0 Å². The third-order valence-electron chi connectivity index (χ3n) is 19.9. The Hall–Kier alpha value is -8.03. The van der Waals surface area contributed by atoms with Crippen molar-refractivity contribution in [3.8, 4) is 17.2 Å². The maximum atomic E-state index is 13.8. The molecule has 7 fully saturated rings. The lowest BCUT2D eigenvalue weighted by molar-refractivity contribution is -0.157. The number of oxazole rings is 1. The molecular formula is C64H68F12N8O15S3. The standard InChI is InChI=1S/C23H27F2N3O5S.C21H21F5N2O5S.C20H20F5N3O5S/c1-13(22(3,24)25)32-17-6-5-15(34(4,30)31)9-16(17)18(29)28-11-14-10-23(14,12-28)19-26-20(33-27-19)21(2)7-8-21;1-11(19(2,22)23)32-15-5-4-13(34(3,30)31)6-14(15)17(29)28-9-12-7-20(12,10-28)18-27-8-16(33-18)21(24,25)26;1-10(18(2,21)22)32-14-5-4-12(34(3,30)31)6-13(14)15(29)28-8-11-7-19(11,9-28)16-26-27-17(33-16)20(23,24)25/h5-6,9,13-14H,7-8,10-12H2,1-4H3;4-6,8,11-12H,7,9-10H2,1-3H3;4-6,10-11H,7-9H2,1-3H3. The summed E-state index contributed by atoms with van der Waals surface area (Å²) in [5.41, 5.74) is -2.81. The van der Waals surface area contributed by atoms with E-state index in [0.29, 0.717) is 57.7 Å². The molecule has 3 aromatic heterocycles. The quantitative estimate of drug-likeness (QED) is 0.0681. The first kappa shape index (κ1) is 75.1. The number of amides is 3. The van der Waals surface area contributed by atoms with Crippen LogP contribution in [-0.2, 0) is 63.5 Å². The smallest absolute Gasteiger partial charge is 0.470 e. The number of hydrogen-bond donors (Lipinski definition) is 0. The van der Waals surface area contributed by atoms with Crippen LogP contribution < -0.4 is 14.2 Å². The fourth-order valence-corrected chi connectivity index (χ4v) is 14.5. The van der Waals surface area contributed by atoms with Gasteiger partial charge in [0.15, 0.2) is 53.6 Å². The van der Waals surface area contributed by atoms with E-state index in [1.165, 1.54) is 34.9 Å². The molecule has 3 aromatic carbocycles. The molecule has 556 valence electrons. The summed E-state index contributed by atoms with van der Waals surface area (Å²) in [4.78, 5) is 52.2. The Kier molecular flexibility index (Phi) is 18.5. The van der Waals surface area contributed by atoms with Gasteiger partial charge in [-0.15, -0.1) is 10.2 Å². The normalized spacial score (nSPS) is 24.4. The van der Waals surface area contributed by atoms with Crippen LogP contribution in [0.25, 0.3) is 0 Å². The predicted octanol–water partition coefficient (Wildman–Crippen LogP) is 10.6. The van der Waals surface area contributed by atoms with Crippen LogP contribution in [0.15, 0.2) is 88.8 Å². The first-order valence-electron chi connectivity index (χ1n) is 31.6. The van der Waals surface area contributed by atoms with E-state index in [0.717, 1.165) is 95.2 Å². The Morgan fingerprint density at radius 3 is 1.22 bits per heavy atom. The Labute approximate surface area is 575 Å². The highest BCUT2D eigenvalue weighted by Gasteiger charge is 2.68. The number of carbonyl (C=O) groups excluding carboxylic acids is 3. The zero-order valence-corrected chi connectivity index (χ0v) is 58.4.